The molecule has 1 aromatic carbocycles. The molecule has 1 aliphatic rings. The Morgan fingerprint density at radius 3 is 2.45 bits per heavy atom. The molecule has 118 valence electrons. The van der Waals surface area contributed by atoms with E-state index in [-0.39, 0.29) is 5.91 Å². The Labute approximate surface area is 143 Å². The Morgan fingerprint density at radius 2 is 1.95 bits per heavy atom. The van der Waals surface area contributed by atoms with Gasteiger partial charge in [0.05, 0.1) is 13.7 Å². The number of hydrogen-bond acceptors (Lipinski definition) is 4. The molecule has 1 aliphatic heterocycles. The minimum Gasteiger partial charge on any atom is -0.493 e. The highest BCUT2D eigenvalue weighted by atomic mass is 79.9. The molecule has 22 heavy (non-hydrogen) atoms. The van der Waals surface area contributed by atoms with Gasteiger partial charge in [0, 0.05) is 18.6 Å². The Balaban J connectivity index is 2.47. The predicted octanol–water partition coefficient (Wildman–Crippen LogP) is 2.89. The van der Waals surface area contributed by atoms with E-state index in [0.29, 0.717) is 28.9 Å². The van der Waals surface area contributed by atoms with Crippen LogP contribution in [0.25, 0.3) is 6.08 Å². The summed E-state index contributed by atoms with van der Waals surface area (Å²) in [6.07, 6.45) is 1.78. The number of halogens is 1. The van der Waals surface area contributed by atoms with Crippen molar-refractivity contribution in [2.75, 3.05) is 27.8 Å². The van der Waals surface area contributed by atoms with Crippen LogP contribution in [0.5, 0.6) is 11.5 Å². The zero-order chi connectivity index (χ0) is 16.4. The SMILES string of the molecule is CCOc1cc(Br)c(/C=C2\C(=O)N(C)C(=S)N2C)cc1OC. The maximum absolute atomic E-state index is 12.2. The van der Waals surface area contributed by atoms with Crippen molar-refractivity contribution in [3.8, 4) is 11.5 Å². The summed E-state index contributed by atoms with van der Waals surface area (Å²) in [6.45, 7) is 2.45. The number of rotatable bonds is 4. The number of carbonyl (C=O) groups excluding carboxylic acids is 1. The molecule has 0 aromatic heterocycles. The molecule has 2 rings (SSSR count). The topological polar surface area (TPSA) is 42.0 Å². The minimum absolute atomic E-state index is 0.132. The molecule has 0 saturated carbocycles. The van der Waals surface area contributed by atoms with Crippen molar-refractivity contribution in [1.82, 2.24) is 9.80 Å². The summed E-state index contributed by atoms with van der Waals surface area (Å²) in [7, 11) is 5.02. The zero-order valence-corrected chi connectivity index (χ0v) is 15.2. The van der Waals surface area contributed by atoms with E-state index in [1.54, 1.807) is 32.2 Å². The van der Waals surface area contributed by atoms with E-state index in [1.165, 1.54) is 4.90 Å². The van der Waals surface area contributed by atoms with Crippen molar-refractivity contribution in [2.24, 2.45) is 0 Å². The first-order valence-corrected chi connectivity index (χ1v) is 7.88. The molecule has 0 radical (unpaired) electrons. The van der Waals surface area contributed by atoms with Crippen LogP contribution < -0.4 is 9.47 Å². The fraction of sp³-hybridized carbons (Fsp3) is 0.333. The largest absolute Gasteiger partial charge is 0.493 e. The summed E-state index contributed by atoms with van der Waals surface area (Å²) in [5.74, 6) is 1.13. The molecule has 5 nitrogen and oxygen atoms in total. The van der Waals surface area contributed by atoms with Crippen molar-refractivity contribution in [3.05, 3.63) is 27.9 Å². The van der Waals surface area contributed by atoms with Crippen molar-refractivity contribution in [2.45, 2.75) is 6.92 Å². The van der Waals surface area contributed by atoms with Gasteiger partial charge in [-0.2, -0.15) is 0 Å². The molecule has 0 spiro atoms. The Morgan fingerprint density at radius 1 is 1.27 bits per heavy atom. The number of nitrogens with zero attached hydrogens (tertiary/aromatic N) is 2. The van der Waals surface area contributed by atoms with Gasteiger partial charge in [0.25, 0.3) is 5.91 Å². The molecular weight excluding hydrogens is 368 g/mol. The number of methoxy groups -OCH3 is 1. The lowest BCUT2D eigenvalue weighted by Gasteiger charge is -2.13. The molecule has 1 saturated heterocycles. The van der Waals surface area contributed by atoms with Gasteiger partial charge in [0.15, 0.2) is 16.6 Å². The third-order valence-electron chi connectivity index (χ3n) is 3.33. The van der Waals surface area contributed by atoms with Gasteiger partial charge in [-0.25, -0.2) is 0 Å². The average Bonchev–Trinajstić information content (AvgIpc) is 2.67. The first-order chi connectivity index (χ1) is 10.4. The summed E-state index contributed by atoms with van der Waals surface area (Å²) in [5.41, 5.74) is 1.33. The summed E-state index contributed by atoms with van der Waals surface area (Å²) >= 11 is 8.71. The van der Waals surface area contributed by atoms with Crippen molar-refractivity contribution >= 4 is 45.2 Å². The number of ether oxygens (including phenoxy) is 2. The third kappa shape index (κ3) is 2.96. The average molecular weight is 385 g/mol. The molecule has 0 N–H and O–H groups in total. The van der Waals surface area contributed by atoms with Crippen LogP contribution in [-0.4, -0.2) is 48.6 Å². The van der Waals surface area contributed by atoms with Crippen LogP contribution in [0.3, 0.4) is 0 Å². The highest BCUT2D eigenvalue weighted by molar-refractivity contribution is 9.10. The summed E-state index contributed by atoms with van der Waals surface area (Å²) in [5, 5.41) is 0.477. The van der Waals surface area contributed by atoms with E-state index >= 15 is 0 Å². The van der Waals surface area contributed by atoms with E-state index in [0.717, 1.165) is 10.0 Å². The second-order valence-corrected chi connectivity index (χ2v) is 5.91. The monoisotopic (exact) mass is 384 g/mol. The van der Waals surface area contributed by atoms with E-state index in [4.69, 9.17) is 21.7 Å². The van der Waals surface area contributed by atoms with Gasteiger partial charge in [-0.1, -0.05) is 15.9 Å². The third-order valence-corrected chi connectivity index (χ3v) is 4.57. The lowest BCUT2D eigenvalue weighted by Crippen LogP contribution is -2.26. The van der Waals surface area contributed by atoms with E-state index < -0.39 is 0 Å². The van der Waals surface area contributed by atoms with Gasteiger partial charge in [0.1, 0.15) is 5.70 Å². The Kier molecular flexibility index (Phi) is 5.08. The quantitative estimate of drug-likeness (QED) is 0.589. The van der Waals surface area contributed by atoms with Crippen LogP contribution in [0, 0.1) is 0 Å². The molecule has 0 atom stereocenters. The smallest absolute Gasteiger partial charge is 0.276 e. The molecule has 0 unspecified atom stereocenters. The molecule has 0 bridgehead atoms. The van der Waals surface area contributed by atoms with Crippen LogP contribution in [0.2, 0.25) is 0 Å². The lowest BCUT2D eigenvalue weighted by atomic mass is 10.1. The van der Waals surface area contributed by atoms with Gasteiger partial charge in [0.2, 0.25) is 0 Å². The number of carbonyl (C=O) groups is 1. The maximum atomic E-state index is 12.2. The van der Waals surface area contributed by atoms with Crippen LogP contribution in [0.1, 0.15) is 12.5 Å². The summed E-state index contributed by atoms with van der Waals surface area (Å²) in [4.78, 5) is 15.4. The van der Waals surface area contributed by atoms with Gasteiger partial charge in [-0.05, 0) is 42.9 Å². The van der Waals surface area contributed by atoms with E-state index in [2.05, 4.69) is 15.9 Å². The Hall–Kier alpha value is -1.60. The van der Waals surface area contributed by atoms with E-state index in [9.17, 15) is 4.79 Å². The molecular formula is C15H17BrN2O3S. The number of thiocarbonyl (C=S) groups is 1. The number of likely N-dealkylation sites (N-methyl/N-ethyl adjacent to an activating group) is 2. The van der Waals surface area contributed by atoms with Gasteiger partial charge in [-0.3, -0.25) is 9.69 Å². The normalized spacial score (nSPS) is 16.7. The highest BCUT2D eigenvalue weighted by Gasteiger charge is 2.32. The van der Waals surface area contributed by atoms with Crippen LogP contribution >= 0.6 is 28.1 Å². The molecule has 1 fully saturated rings. The lowest BCUT2D eigenvalue weighted by molar-refractivity contribution is -0.121. The zero-order valence-electron chi connectivity index (χ0n) is 12.8. The van der Waals surface area contributed by atoms with Crippen LogP contribution in [0.15, 0.2) is 22.3 Å². The van der Waals surface area contributed by atoms with Crippen molar-refractivity contribution in [1.29, 1.82) is 0 Å². The molecule has 7 heteroatoms. The molecule has 1 heterocycles. The standard InChI is InChI=1S/C15H17BrN2O3S/c1-5-21-13-8-10(16)9(7-12(13)20-4)6-11-14(19)18(3)15(22)17(11)2/h6-8H,5H2,1-4H3/b11-6+. The van der Waals surface area contributed by atoms with Gasteiger partial charge < -0.3 is 14.4 Å². The maximum Gasteiger partial charge on any atom is 0.276 e. The summed E-state index contributed by atoms with van der Waals surface area (Å²) < 4.78 is 11.7. The summed E-state index contributed by atoms with van der Waals surface area (Å²) in [6, 6.07) is 3.65. The molecule has 1 aromatic rings. The van der Waals surface area contributed by atoms with Crippen LogP contribution in [0.4, 0.5) is 0 Å². The van der Waals surface area contributed by atoms with E-state index in [1.807, 2.05) is 19.1 Å². The highest BCUT2D eigenvalue weighted by Crippen LogP contribution is 2.35. The fourth-order valence-corrected chi connectivity index (χ4v) is 2.74. The van der Waals surface area contributed by atoms with Gasteiger partial charge >= 0.3 is 0 Å². The van der Waals surface area contributed by atoms with Crippen molar-refractivity contribution < 1.29 is 14.3 Å². The second kappa shape index (κ2) is 6.66. The predicted molar refractivity (Wildman–Crippen MR) is 93.0 cm³/mol. The first kappa shape index (κ1) is 16.8. The fourth-order valence-electron chi connectivity index (χ4n) is 2.13. The van der Waals surface area contributed by atoms with Gasteiger partial charge in [-0.15, -0.1) is 0 Å². The second-order valence-electron chi connectivity index (χ2n) is 4.69. The van der Waals surface area contributed by atoms with Crippen molar-refractivity contribution in [3.63, 3.8) is 0 Å². The number of hydrogen-bond donors (Lipinski definition) is 0. The minimum atomic E-state index is -0.132. The Bertz CT molecular complexity index is 660. The first-order valence-electron chi connectivity index (χ1n) is 6.68. The van der Waals surface area contributed by atoms with Crippen LogP contribution in [-0.2, 0) is 4.79 Å². The molecule has 0 aliphatic carbocycles. The molecule has 1 amide bonds. The number of benzene rings is 1. The number of amides is 1.